The number of benzene rings is 2. The van der Waals surface area contributed by atoms with Crippen molar-refractivity contribution in [2.24, 2.45) is 0 Å². The Kier molecular flexibility index (Phi) is 12.4. The van der Waals surface area contributed by atoms with E-state index in [4.69, 9.17) is 0 Å². The van der Waals surface area contributed by atoms with Crippen LogP contribution in [-0.2, 0) is 9.59 Å². The Labute approximate surface area is 174 Å². The van der Waals surface area contributed by atoms with E-state index in [1.165, 1.54) is 0 Å². The molecule has 0 unspecified atom stereocenters. The summed E-state index contributed by atoms with van der Waals surface area (Å²) in [5.74, 6) is -2.71. The predicted molar refractivity (Wildman–Crippen MR) is 98.6 cm³/mol. The fourth-order valence-corrected chi connectivity index (χ4v) is 1.97. The molecule has 2 rings (SSSR count). The van der Waals surface area contributed by atoms with Gasteiger partial charge in [0.1, 0.15) is 0 Å². The molecule has 0 N–H and O–H groups in total. The number of Topliss-reactive ketones (excluding diaryl/α,β-unsaturated/α-hetero) is 2. The summed E-state index contributed by atoms with van der Waals surface area (Å²) in [7, 11) is 0. The van der Waals surface area contributed by atoms with Gasteiger partial charge in [0.15, 0.2) is 11.6 Å². The number of rotatable bonds is 8. The first-order valence-electron chi connectivity index (χ1n) is 7.96. The van der Waals surface area contributed by atoms with Gasteiger partial charge in [0, 0.05) is 35.9 Å². The van der Waals surface area contributed by atoms with Crippen molar-refractivity contribution in [3.05, 3.63) is 71.8 Å². The van der Waals surface area contributed by atoms with Crippen molar-refractivity contribution in [2.45, 2.75) is 25.7 Å². The summed E-state index contributed by atoms with van der Waals surface area (Å²) < 4.78 is 0. The molecular weight excluding hydrogens is 455 g/mol. The van der Waals surface area contributed by atoms with Gasteiger partial charge in [-0.25, -0.2) is 0 Å². The number of hydrogen-bond donors (Lipinski definition) is 0. The molecule has 0 radical (unpaired) electrons. The molecule has 0 saturated heterocycles. The van der Waals surface area contributed by atoms with Gasteiger partial charge in [0.2, 0.25) is 0 Å². The molecular formula is C20H20O6Sn. The summed E-state index contributed by atoms with van der Waals surface area (Å²) >= 11 is 0. The number of hydrogen-bond acceptors (Lipinski definition) is 6. The van der Waals surface area contributed by atoms with E-state index >= 15 is 0 Å². The zero-order chi connectivity index (χ0) is 19.4. The van der Waals surface area contributed by atoms with Gasteiger partial charge in [-0.05, 0) is 12.8 Å². The molecule has 2 aromatic rings. The van der Waals surface area contributed by atoms with E-state index in [1.807, 2.05) is 0 Å². The third-order valence-electron chi connectivity index (χ3n) is 3.30. The van der Waals surface area contributed by atoms with Gasteiger partial charge in [0.05, 0.1) is 0 Å². The van der Waals surface area contributed by atoms with Crippen molar-refractivity contribution in [1.82, 2.24) is 0 Å². The number of aliphatic carboxylic acids is 2. The summed E-state index contributed by atoms with van der Waals surface area (Å²) in [5.41, 5.74) is 1.09. The van der Waals surface area contributed by atoms with Crippen LogP contribution in [-0.4, -0.2) is 47.4 Å². The molecule has 0 aliphatic carbocycles. The Morgan fingerprint density at radius 2 is 0.852 bits per heavy atom. The van der Waals surface area contributed by atoms with Crippen molar-refractivity contribution >= 4 is 47.4 Å². The fourth-order valence-electron chi connectivity index (χ4n) is 1.97. The first-order chi connectivity index (χ1) is 12.4. The maximum atomic E-state index is 11.3. The fraction of sp³-hybridized carbons (Fsp3) is 0.200. The number of carbonyl (C=O) groups is 4. The third-order valence-corrected chi connectivity index (χ3v) is 3.30. The molecule has 6 nitrogen and oxygen atoms in total. The second-order valence-electron chi connectivity index (χ2n) is 5.32. The van der Waals surface area contributed by atoms with E-state index in [-0.39, 0.29) is 61.2 Å². The normalized spacial score (nSPS) is 9.19. The van der Waals surface area contributed by atoms with Crippen LogP contribution in [0.25, 0.3) is 0 Å². The van der Waals surface area contributed by atoms with Crippen LogP contribution >= 0.6 is 0 Å². The van der Waals surface area contributed by atoms with Crippen LogP contribution in [0, 0.1) is 0 Å². The van der Waals surface area contributed by atoms with Gasteiger partial charge in [0.25, 0.3) is 0 Å². The van der Waals surface area contributed by atoms with Crippen LogP contribution in [0.2, 0.25) is 0 Å². The van der Waals surface area contributed by atoms with Gasteiger partial charge >= 0.3 is 23.9 Å². The van der Waals surface area contributed by atoms with Crippen molar-refractivity contribution in [2.75, 3.05) is 0 Å². The quantitative estimate of drug-likeness (QED) is 0.389. The van der Waals surface area contributed by atoms with E-state index in [1.54, 1.807) is 60.7 Å². The van der Waals surface area contributed by atoms with Crippen LogP contribution in [0.1, 0.15) is 46.4 Å². The zero-order valence-electron chi connectivity index (χ0n) is 14.8. The molecule has 0 amide bonds. The second-order valence-corrected chi connectivity index (χ2v) is 5.32. The number of carboxylic acids is 2. The monoisotopic (exact) mass is 476 g/mol. The second kappa shape index (κ2) is 13.7. The molecule has 0 aliphatic heterocycles. The SMILES string of the molecule is O=C([O-])CCC(=O)c1ccccc1.O=C([O-])CCC(=O)c1ccccc1.[SnH2+2]. The predicted octanol–water partition coefficient (Wildman–Crippen LogP) is -0.117. The van der Waals surface area contributed by atoms with Gasteiger partial charge in [-0.15, -0.1) is 0 Å². The first-order valence-corrected chi connectivity index (χ1v) is 7.96. The topological polar surface area (TPSA) is 114 Å². The third kappa shape index (κ3) is 11.0. The molecule has 0 saturated carbocycles. The Bertz CT molecular complexity index is 678. The molecule has 27 heavy (non-hydrogen) atoms. The Morgan fingerprint density at radius 1 is 0.556 bits per heavy atom. The van der Waals surface area contributed by atoms with Crippen LogP contribution < -0.4 is 10.2 Å². The molecule has 0 heterocycles. The first kappa shape index (κ1) is 24.5. The molecule has 7 heteroatoms. The Balaban J connectivity index is 0.000000483. The van der Waals surface area contributed by atoms with Gasteiger partial charge in [-0.2, -0.15) is 0 Å². The molecule has 140 valence electrons. The van der Waals surface area contributed by atoms with E-state index < -0.39 is 11.9 Å². The average molecular weight is 475 g/mol. The van der Waals surface area contributed by atoms with Crippen LogP contribution in [0.15, 0.2) is 60.7 Å². The zero-order valence-corrected chi connectivity index (χ0v) is 18.8. The summed E-state index contributed by atoms with van der Waals surface area (Å²) in [4.78, 5) is 42.7. The van der Waals surface area contributed by atoms with Crippen LogP contribution in [0.5, 0.6) is 0 Å². The minimum atomic E-state index is -1.19. The number of carbonyl (C=O) groups excluding carboxylic acids is 4. The van der Waals surface area contributed by atoms with Crippen LogP contribution in [0.3, 0.4) is 0 Å². The molecule has 0 spiro atoms. The Morgan fingerprint density at radius 3 is 1.11 bits per heavy atom. The van der Waals surface area contributed by atoms with Crippen molar-refractivity contribution in [3.8, 4) is 0 Å². The van der Waals surface area contributed by atoms with E-state index in [0.29, 0.717) is 11.1 Å². The molecule has 2 aromatic carbocycles. The molecule has 0 atom stereocenters. The average Bonchev–Trinajstić information content (AvgIpc) is 2.66. The molecule has 0 aliphatic rings. The molecule has 0 bridgehead atoms. The van der Waals surface area contributed by atoms with Crippen molar-refractivity contribution in [3.63, 3.8) is 0 Å². The van der Waals surface area contributed by atoms with E-state index in [0.717, 1.165) is 0 Å². The summed E-state index contributed by atoms with van der Waals surface area (Å²) in [6.45, 7) is 0. The van der Waals surface area contributed by atoms with E-state index in [9.17, 15) is 29.4 Å². The summed E-state index contributed by atoms with van der Waals surface area (Å²) in [6.07, 6.45) is -0.417. The van der Waals surface area contributed by atoms with Crippen LogP contribution in [0.4, 0.5) is 0 Å². The van der Waals surface area contributed by atoms with Crippen molar-refractivity contribution < 1.29 is 29.4 Å². The minimum absolute atomic E-state index is 0. The molecule has 0 fully saturated rings. The standard InChI is InChI=1S/2C10H10O3.Sn.2H/c2*11-9(6-7-10(12)13)8-4-2-1-3-5-8;;;/h2*1-5H,6-7H2,(H,12,13);;;/q;;+2;;/p-2. The maximum absolute atomic E-state index is 11.3. The number of carboxylic acid groups (broad SMARTS) is 2. The van der Waals surface area contributed by atoms with Crippen molar-refractivity contribution in [1.29, 1.82) is 0 Å². The van der Waals surface area contributed by atoms with Gasteiger partial charge in [-0.3, -0.25) is 9.59 Å². The Hall–Kier alpha value is -2.48. The van der Waals surface area contributed by atoms with E-state index in [2.05, 4.69) is 0 Å². The van der Waals surface area contributed by atoms with Gasteiger partial charge < -0.3 is 19.8 Å². The summed E-state index contributed by atoms with van der Waals surface area (Å²) in [6, 6.07) is 17.2. The summed E-state index contributed by atoms with van der Waals surface area (Å²) in [5, 5.41) is 20.1. The van der Waals surface area contributed by atoms with Gasteiger partial charge in [-0.1, -0.05) is 60.7 Å². The number of ketones is 2. The molecule has 0 aromatic heterocycles.